The van der Waals surface area contributed by atoms with Crippen LogP contribution in [-0.2, 0) is 4.74 Å². The average molecular weight is 292 g/mol. The van der Waals surface area contributed by atoms with E-state index >= 15 is 0 Å². The highest BCUT2D eigenvalue weighted by molar-refractivity contribution is 5.69. The van der Waals surface area contributed by atoms with Crippen LogP contribution in [0.15, 0.2) is 18.2 Å². The van der Waals surface area contributed by atoms with Gasteiger partial charge in [-0.05, 0) is 44.0 Å². The molecule has 0 bridgehead atoms. The summed E-state index contributed by atoms with van der Waals surface area (Å²) >= 11 is 0. The van der Waals surface area contributed by atoms with Gasteiger partial charge in [0, 0.05) is 31.0 Å². The standard InChI is InChI=1S/C16H21FN2O2/c1-16(2,3)21-15(20)19-7-12-11-6-9(17)4-5-10(11)14(18)13(12)8-19/h4-6,12-14H,7-8,18H2,1-3H3/t12-,13+,14?/m0/s1. The molecule has 1 fully saturated rings. The number of halogens is 1. The van der Waals surface area contributed by atoms with Gasteiger partial charge in [0.05, 0.1) is 0 Å². The Hall–Kier alpha value is -1.62. The highest BCUT2D eigenvalue weighted by Crippen LogP contribution is 2.48. The van der Waals surface area contributed by atoms with E-state index in [1.54, 1.807) is 17.0 Å². The number of amides is 1. The van der Waals surface area contributed by atoms with Crippen LogP contribution < -0.4 is 5.73 Å². The van der Waals surface area contributed by atoms with Gasteiger partial charge in [-0.3, -0.25) is 0 Å². The van der Waals surface area contributed by atoms with Crippen LogP contribution in [0.25, 0.3) is 0 Å². The predicted molar refractivity (Wildman–Crippen MR) is 77.4 cm³/mol. The van der Waals surface area contributed by atoms with E-state index in [1.807, 2.05) is 20.8 Å². The van der Waals surface area contributed by atoms with E-state index in [4.69, 9.17) is 10.5 Å². The topological polar surface area (TPSA) is 55.6 Å². The summed E-state index contributed by atoms with van der Waals surface area (Å²) in [7, 11) is 0. The lowest BCUT2D eigenvalue weighted by Gasteiger charge is -2.25. The number of benzene rings is 1. The summed E-state index contributed by atoms with van der Waals surface area (Å²) in [6, 6.07) is 4.63. The Bertz CT molecular complexity index is 582. The van der Waals surface area contributed by atoms with Gasteiger partial charge in [0.1, 0.15) is 11.4 Å². The van der Waals surface area contributed by atoms with Crippen LogP contribution >= 0.6 is 0 Å². The Balaban J connectivity index is 1.80. The highest BCUT2D eigenvalue weighted by atomic mass is 19.1. The van der Waals surface area contributed by atoms with E-state index in [2.05, 4.69) is 0 Å². The van der Waals surface area contributed by atoms with Gasteiger partial charge in [0.2, 0.25) is 0 Å². The zero-order valence-electron chi connectivity index (χ0n) is 12.6. The maximum absolute atomic E-state index is 13.5. The normalized spacial score (nSPS) is 27.5. The Morgan fingerprint density at radius 1 is 1.33 bits per heavy atom. The molecular weight excluding hydrogens is 271 g/mol. The molecule has 21 heavy (non-hydrogen) atoms. The Labute approximate surface area is 124 Å². The fourth-order valence-corrected chi connectivity index (χ4v) is 3.40. The van der Waals surface area contributed by atoms with Crippen LogP contribution in [0.2, 0.25) is 0 Å². The quantitative estimate of drug-likeness (QED) is 0.800. The number of ether oxygens (including phenoxy) is 1. The molecular formula is C16H21FN2O2. The van der Waals surface area contributed by atoms with Gasteiger partial charge in [-0.2, -0.15) is 0 Å². The van der Waals surface area contributed by atoms with Gasteiger partial charge < -0.3 is 15.4 Å². The lowest BCUT2D eigenvalue weighted by molar-refractivity contribution is 0.0284. The zero-order chi connectivity index (χ0) is 15.4. The first-order chi connectivity index (χ1) is 9.76. The van der Waals surface area contributed by atoms with Crippen molar-refractivity contribution in [3.05, 3.63) is 35.1 Å². The summed E-state index contributed by atoms with van der Waals surface area (Å²) in [4.78, 5) is 13.9. The summed E-state index contributed by atoms with van der Waals surface area (Å²) < 4.78 is 18.9. The summed E-state index contributed by atoms with van der Waals surface area (Å²) in [5.74, 6) is 0.00450. The number of hydrogen-bond acceptors (Lipinski definition) is 3. The SMILES string of the molecule is CC(C)(C)OC(=O)N1C[C@H]2c3cc(F)ccc3C(N)[C@@H]2C1. The third kappa shape index (κ3) is 2.50. The molecule has 2 N–H and O–H groups in total. The molecule has 1 amide bonds. The monoisotopic (exact) mass is 292 g/mol. The molecule has 1 unspecified atom stereocenters. The summed E-state index contributed by atoms with van der Waals surface area (Å²) in [5.41, 5.74) is 7.71. The molecule has 0 spiro atoms. The second-order valence-corrected chi connectivity index (χ2v) is 6.95. The Morgan fingerprint density at radius 3 is 2.71 bits per heavy atom. The second kappa shape index (κ2) is 4.70. The minimum atomic E-state index is -0.513. The Kier molecular flexibility index (Phi) is 3.20. The summed E-state index contributed by atoms with van der Waals surface area (Å²) in [5, 5.41) is 0. The molecule has 3 atom stereocenters. The van der Waals surface area contributed by atoms with Crippen molar-refractivity contribution in [2.75, 3.05) is 13.1 Å². The number of carbonyl (C=O) groups excluding carboxylic acids is 1. The van der Waals surface area contributed by atoms with Crippen molar-refractivity contribution >= 4 is 6.09 Å². The van der Waals surface area contributed by atoms with Gasteiger partial charge in [0.25, 0.3) is 0 Å². The van der Waals surface area contributed by atoms with E-state index in [0.29, 0.717) is 13.1 Å². The number of nitrogens with two attached hydrogens (primary N) is 1. The second-order valence-electron chi connectivity index (χ2n) is 6.95. The van der Waals surface area contributed by atoms with Crippen LogP contribution in [0.3, 0.4) is 0 Å². The predicted octanol–water partition coefficient (Wildman–Crippen LogP) is 2.79. The molecule has 5 heteroatoms. The summed E-state index contributed by atoms with van der Waals surface area (Å²) in [6.07, 6.45) is -0.318. The first kappa shape index (κ1) is 14.3. The van der Waals surface area contributed by atoms with Gasteiger partial charge in [0.15, 0.2) is 0 Å². The smallest absolute Gasteiger partial charge is 0.410 e. The van der Waals surface area contributed by atoms with Crippen molar-refractivity contribution in [2.24, 2.45) is 11.7 Å². The molecule has 3 rings (SSSR count). The van der Waals surface area contributed by atoms with Crippen molar-refractivity contribution in [1.29, 1.82) is 0 Å². The first-order valence-electron chi connectivity index (χ1n) is 7.29. The van der Waals surface area contributed by atoms with Crippen LogP contribution in [0.4, 0.5) is 9.18 Å². The molecule has 1 saturated heterocycles. The molecule has 2 aliphatic rings. The maximum atomic E-state index is 13.5. The third-order valence-corrected chi connectivity index (χ3v) is 4.29. The number of hydrogen-bond donors (Lipinski definition) is 1. The van der Waals surface area contributed by atoms with Crippen LogP contribution in [0, 0.1) is 11.7 Å². The van der Waals surface area contributed by atoms with Gasteiger partial charge >= 0.3 is 6.09 Å². The van der Waals surface area contributed by atoms with E-state index in [0.717, 1.165) is 11.1 Å². The number of rotatable bonds is 0. The molecule has 1 heterocycles. The maximum Gasteiger partial charge on any atom is 0.410 e. The molecule has 1 aliphatic carbocycles. The van der Waals surface area contributed by atoms with Crippen LogP contribution in [0.5, 0.6) is 0 Å². The lowest BCUT2D eigenvalue weighted by Crippen LogP contribution is -2.36. The molecule has 0 aromatic heterocycles. The fraction of sp³-hybridized carbons (Fsp3) is 0.562. The van der Waals surface area contributed by atoms with Gasteiger partial charge in [-0.25, -0.2) is 9.18 Å². The zero-order valence-corrected chi connectivity index (χ0v) is 12.6. The highest BCUT2D eigenvalue weighted by Gasteiger charge is 2.46. The van der Waals surface area contributed by atoms with E-state index in [1.165, 1.54) is 6.07 Å². The molecule has 0 saturated carbocycles. The molecule has 1 aromatic carbocycles. The van der Waals surface area contributed by atoms with E-state index in [-0.39, 0.29) is 29.8 Å². The fourth-order valence-electron chi connectivity index (χ4n) is 3.40. The molecule has 0 radical (unpaired) electrons. The van der Waals surface area contributed by atoms with E-state index < -0.39 is 5.60 Å². The largest absolute Gasteiger partial charge is 0.444 e. The molecule has 1 aromatic rings. The van der Waals surface area contributed by atoms with Gasteiger partial charge in [-0.15, -0.1) is 0 Å². The number of likely N-dealkylation sites (tertiary alicyclic amines) is 1. The number of fused-ring (bicyclic) bond motifs is 3. The Morgan fingerprint density at radius 2 is 2.05 bits per heavy atom. The molecule has 4 nitrogen and oxygen atoms in total. The number of carbonyl (C=O) groups is 1. The first-order valence-corrected chi connectivity index (χ1v) is 7.29. The van der Waals surface area contributed by atoms with Crippen LogP contribution in [-0.4, -0.2) is 29.7 Å². The average Bonchev–Trinajstić information content (AvgIpc) is 2.89. The molecule has 114 valence electrons. The minimum absolute atomic E-state index is 0.109. The van der Waals surface area contributed by atoms with E-state index in [9.17, 15) is 9.18 Å². The number of nitrogens with zero attached hydrogens (tertiary/aromatic N) is 1. The van der Waals surface area contributed by atoms with Crippen molar-refractivity contribution < 1.29 is 13.9 Å². The third-order valence-electron chi connectivity index (χ3n) is 4.29. The van der Waals surface area contributed by atoms with Crippen molar-refractivity contribution in [3.8, 4) is 0 Å². The summed E-state index contributed by atoms with van der Waals surface area (Å²) in [6.45, 7) is 6.65. The van der Waals surface area contributed by atoms with Gasteiger partial charge in [-0.1, -0.05) is 6.07 Å². The van der Waals surface area contributed by atoms with Crippen LogP contribution in [0.1, 0.15) is 43.9 Å². The molecule has 1 aliphatic heterocycles. The van der Waals surface area contributed by atoms with Crippen molar-refractivity contribution in [1.82, 2.24) is 4.90 Å². The van der Waals surface area contributed by atoms with Crippen molar-refractivity contribution in [2.45, 2.75) is 38.3 Å². The minimum Gasteiger partial charge on any atom is -0.444 e. The lowest BCUT2D eigenvalue weighted by atomic mass is 9.95. The van der Waals surface area contributed by atoms with Crippen molar-refractivity contribution in [3.63, 3.8) is 0 Å².